The molecule has 1 rings (SSSR count). The fraction of sp³-hybridized carbons (Fsp3) is 0.571. The van der Waals surface area contributed by atoms with Gasteiger partial charge in [-0.15, -0.1) is 11.6 Å². The number of hydrogen-bond acceptors (Lipinski definition) is 3. The molecule has 0 saturated carbocycles. The van der Waals surface area contributed by atoms with Crippen LogP contribution < -0.4 is 4.72 Å². The molecule has 5 nitrogen and oxygen atoms in total. The lowest BCUT2D eigenvalue weighted by molar-refractivity contribution is 0.586. The number of alkyl halides is 1. The van der Waals surface area contributed by atoms with Gasteiger partial charge in [-0.3, -0.25) is 4.68 Å². The molecule has 0 atom stereocenters. The monoisotopic (exact) mass is 237 g/mol. The largest absolute Gasteiger partial charge is 0.275 e. The van der Waals surface area contributed by atoms with Gasteiger partial charge in [0.2, 0.25) is 10.0 Å². The Kier molecular flexibility index (Phi) is 3.52. The summed E-state index contributed by atoms with van der Waals surface area (Å²) in [6.07, 6.45) is 1.77. The van der Waals surface area contributed by atoms with Crippen LogP contribution in [0.3, 0.4) is 0 Å². The quantitative estimate of drug-likeness (QED) is 0.769. The van der Waals surface area contributed by atoms with Crippen LogP contribution in [0, 0.1) is 6.92 Å². The van der Waals surface area contributed by atoms with E-state index in [9.17, 15) is 8.42 Å². The molecule has 0 saturated heterocycles. The summed E-state index contributed by atoms with van der Waals surface area (Å²) in [5.74, 6) is 0. The maximum absolute atomic E-state index is 11.0. The zero-order valence-corrected chi connectivity index (χ0v) is 9.56. The molecule has 7 heteroatoms. The fourth-order valence-electron chi connectivity index (χ4n) is 1.05. The number of nitrogens with zero attached hydrogens (tertiary/aromatic N) is 2. The van der Waals surface area contributed by atoms with E-state index in [4.69, 9.17) is 11.6 Å². The second kappa shape index (κ2) is 4.29. The predicted octanol–water partition coefficient (Wildman–Crippen LogP) is 0.344. The summed E-state index contributed by atoms with van der Waals surface area (Å²) < 4.78 is 26.0. The van der Waals surface area contributed by atoms with Crippen LogP contribution in [0.25, 0.3) is 0 Å². The van der Waals surface area contributed by atoms with Crippen molar-refractivity contribution < 1.29 is 8.42 Å². The summed E-state index contributed by atoms with van der Waals surface area (Å²) in [5, 5.41) is 3.66. The van der Waals surface area contributed by atoms with Gasteiger partial charge in [-0.05, 0) is 6.92 Å². The number of sulfonamides is 1. The van der Waals surface area contributed by atoms with Gasteiger partial charge in [-0.1, -0.05) is 0 Å². The van der Waals surface area contributed by atoms with Gasteiger partial charge in [0.25, 0.3) is 0 Å². The molecule has 0 aliphatic rings. The van der Waals surface area contributed by atoms with Crippen molar-refractivity contribution in [2.24, 2.45) is 7.05 Å². The molecule has 0 amide bonds. The number of nitrogens with one attached hydrogen (secondary N) is 1. The Morgan fingerprint density at radius 3 is 2.71 bits per heavy atom. The molecule has 0 aliphatic heterocycles. The Hall–Kier alpha value is -0.590. The van der Waals surface area contributed by atoms with Gasteiger partial charge in [0, 0.05) is 25.4 Å². The number of halogens is 1. The molecular weight excluding hydrogens is 226 g/mol. The standard InChI is InChI=1S/C7H12ClN3O2S/c1-6-7(4-11(2)10-6)3-9-14(12,13)5-8/h4,9H,3,5H2,1-2H3. The molecule has 1 aromatic rings. The average Bonchev–Trinajstić information content (AvgIpc) is 2.42. The van der Waals surface area contributed by atoms with E-state index in [1.54, 1.807) is 17.9 Å². The Bertz CT molecular complexity index is 413. The minimum atomic E-state index is -3.35. The van der Waals surface area contributed by atoms with Gasteiger partial charge in [-0.25, -0.2) is 13.1 Å². The molecular formula is C7H12ClN3O2S. The molecule has 0 aromatic carbocycles. The number of rotatable bonds is 4. The van der Waals surface area contributed by atoms with Crippen LogP contribution in [0.1, 0.15) is 11.3 Å². The van der Waals surface area contributed by atoms with Gasteiger partial charge in [0.15, 0.2) is 0 Å². The van der Waals surface area contributed by atoms with Crippen molar-refractivity contribution in [3.8, 4) is 0 Å². The maximum atomic E-state index is 11.0. The molecule has 0 spiro atoms. The average molecular weight is 238 g/mol. The highest BCUT2D eigenvalue weighted by molar-refractivity contribution is 7.90. The smallest absolute Gasteiger partial charge is 0.225 e. The highest BCUT2D eigenvalue weighted by Crippen LogP contribution is 2.04. The zero-order chi connectivity index (χ0) is 10.8. The lowest BCUT2D eigenvalue weighted by Gasteiger charge is -2.01. The molecule has 1 heterocycles. The van der Waals surface area contributed by atoms with E-state index in [-0.39, 0.29) is 6.54 Å². The van der Waals surface area contributed by atoms with Crippen molar-refractivity contribution >= 4 is 21.6 Å². The van der Waals surface area contributed by atoms with Crippen LogP contribution in [0.4, 0.5) is 0 Å². The van der Waals surface area contributed by atoms with E-state index in [0.717, 1.165) is 11.3 Å². The van der Waals surface area contributed by atoms with Crippen LogP contribution in [0.5, 0.6) is 0 Å². The third-order valence-corrected chi connectivity index (χ3v) is 3.47. The summed E-state index contributed by atoms with van der Waals surface area (Å²) >= 11 is 5.23. The minimum absolute atomic E-state index is 0.231. The van der Waals surface area contributed by atoms with Crippen molar-refractivity contribution in [1.82, 2.24) is 14.5 Å². The van der Waals surface area contributed by atoms with Gasteiger partial charge < -0.3 is 0 Å². The summed E-state index contributed by atoms with van der Waals surface area (Å²) in [4.78, 5) is 0. The number of aryl methyl sites for hydroxylation is 2. The highest BCUT2D eigenvalue weighted by Gasteiger charge is 2.09. The Labute approximate surface area is 88.1 Å². The van der Waals surface area contributed by atoms with Gasteiger partial charge in [-0.2, -0.15) is 5.10 Å². The number of hydrogen-bond donors (Lipinski definition) is 1. The Morgan fingerprint density at radius 2 is 2.29 bits per heavy atom. The topological polar surface area (TPSA) is 64.0 Å². The first-order valence-corrected chi connectivity index (χ1v) is 6.15. The van der Waals surface area contributed by atoms with Crippen molar-refractivity contribution in [1.29, 1.82) is 0 Å². The fourth-order valence-corrected chi connectivity index (χ4v) is 1.73. The molecule has 1 aromatic heterocycles. The zero-order valence-electron chi connectivity index (χ0n) is 7.99. The Balaban J connectivity index is 2.67. The normalized spacial score (nSPS) is 11.9. The van der Waals surface area contributed by atoms with Crippen LogP contribution >= 0.6 is 11.6 Å². The lowest BCUT2D eigenvalue weighted by atomic mass is 10.3. The summed E-state index contributed by atoms with van der Waals surface area (Å²) in [6, 6.07) is 0. The van der Waals surface area contributed by atoms with E-state index in [2.05, 4.69) is 9.82 Å². The SMILES string of the molecule is Cc1nn(C)cc1CNS(=O)(=O)CCl. The summed E-state index contributed by atoms with van der Waals surface area (Å²) in [5.41, 5.74) is 1.66. The third kappa shape index (κ3) is 2.97. The molecule has 1 N–H and O–H groups in total. The van der Waals surface area contributed by atoms with Crippen LogP contribution in [0.15, 0.2) is 6.20 Å². The first-order chi connectivity index (χ1) is 6.44. The van der Waals surface area contributed by atoms with E-state index >= 15 is 0 Å². The second-order valence-electron chi connectivity index (χ2n) is 2.96. The highest BCUT2D eigenvalue weighted by atomic mass is 35.5. The predicted molar refractivity (Wildman–Crippen MR) is 54.4 cm³/mol. The molecule has 0 aliphatic carbocycles. The van der Waals surface area contributed by atoms with Crippen molar-refractivity contribution in [2.45, 2.75) is 13.5 Å². The first-order valence-electron chi connectivity index (χ1n) is 3.97. The van der Waals surface area contributed by atoms with E-state index in [1.807, 2.05) is 6.92 Å². The van der Waals surface area contributed by atoms with E-state index in [0.29, 0.717) is 0 Å². The van der Waals surface area contributed by atoms with Crippen molar-refractivity contribution in [2.75, 3.05) is 5.21 Å². The number of aromatic nitrogens is 2. The van der Waals surface area contributed by atoms with Crippen LogP contribution in [-0.4, -0.2) is 23.4 Å². The summed E-state index contributed by atoms with van der Waals surface area (Å²) in [6.45, 7) is 2.05. The first kappa shape index (κ1) is 11.5. The molecule has 14 heavy (non-hydrogen) atoms. The molecule has 0 radical (unpaired) electrons. The Morgan fingerprint density at radius 1 is 1.64 bits per heavy atom. The molecule has 0 unspecified atom stereocenters. The van der Waals surface area contributed by atoms with E-state index in [1.165, 1.54) is 0 Å². The third-order valence-electron chi connectivity index (χ3n) is 1.74. The second-order valence-corrected chi connectivity index (χ2v) is 5.35. The van der Waals surface area contributed by atoms with E-state index < -0.39 is 15.2 Å². The van der Waals surface area contributed by atoms with Gasteiger partial charge >= 0.3 is 0 Å². The minimum Gasteiger partial charge on any atom is -0.275 e. The lowest BCUT2D eigenvalue weighted by Crippen LogP contribution is -2.24. The van der Waals surface area contributed by atoms with Gasteiger partial charge in [0.05, 0.1) is 5.69 Å². The molecule has 80 valence electrons. The van der Waals surface area contributed by atoms with Crippen molar-refractivity contribution in [3.05, 3.63) is 17.5 Å². The van der Waals surface area contributed by atoms with Crippen LogP contribution in [0.2, 0.25) is 0 Å². The molecule has 0 fully saturated rings. The van der Waals surface area contributed by atoms with Crippen molar-refractivity contribution in [3.63, 3.8) is 0 Å². The maximum Gasteiger partial charge on any atom is 0.225 e. The molecule has 0 bridgehead atoms. The van der Waals surface area contributed by atoms with Gasteiger partial charge in [0.1, 0.15) is 5.21 Å². The summed E-state index contributed by atoms with van der Waals surface area (Å²) in [7, 11) is -1.56. The van der Waals surface area contributed by atoms with Crippen LogP contribution in [-0.2, 0) is 23.6 Å².